The molecule has 2 aromatic carbocycles. The van der Waals surface area contributed by atoms with E-state index in [1.807, 2.05) is 37.8 Å². The van der Waals surface area contributed by atoms with Gasteiger partial charge in [0.05, 0.1) is 22.2 Å². The van der Waals surface area contributed by atoms with E-state index < -0.39 is 18.2 Å². The molecule has 4 aromatic rings. The summed E-state index contributed by atoms with van der Waals surface area (Å²) < 4.78 is 67.9. The average molecular weight is 547 g/mol. The first-order valence-electron chi connectivity index (χ1n) is 12.7. The molecule has 0 radical (unpaired) electrons. The molecule has 2 heterocycles. The second-order valence-electron chi connectivity index (χ2n) is 9.46. The van der Waals surface area contributed by atoms with Crippen molar-refractivity contribution in [1.29, 1.82) is 0 Å². The molecule has 0 spiro atoms. The Bertz CT molecular complexity index is 1380. The molecule has 3 N–H and O–H groups in total. The van der Waals surface area contributed by atoms with Gasteiger partial charge in [0.1, 0.15) is 5.82 Å². The minimum atomic E-state index is -4.53. The summed E-state index contributed by atoms with van der Waals surface area (Å²) in [6.45, 7) is 7.73. The van der Waals surface area contributed by atoms with E-state index >= 15 is 0 Å². The first kappa shape index (κ1) is 28.3. The van der Waals surface area contributed by atoms with Crippen molar-refractivity contribution < 1.29 is 22.0 Å². The lowest BCUT2D eigenvalue weighted by atomic mass is 9.99. The molecule has 4 rings (SSSR count). The number of hydrogen-bond acceptors (Lipinski definition) is 5. The Balaban J connectivity index is 1.62. The van der Waals surface area contributed by atoms with Crippen LogP contribution in [0.4, 0.5) is 33.7 Å². The molecule has 0 saturated heterocycles. The van der Waals surface area contributed by atoms with Crippen LogP contribution < -0.4 is 15.5 Å². The number of aromatic nitrogens is 3. The molecule has 0 unspecified atom stereocenters. The Morgan fingerprint density at radius 1 is 1.05 bits per heavy atom. The molecule has 11 heteroatoms. The number of alkyl halides is 5. The van der Waals surface area contributed by atoms with Gasteiger partial charge in [-0.15, -0.1) is 0 Å². The van der Waals surface area contributed by atoms with Crippen molar-refractivity contribution in [3.63, 3.8) is 0 Å². The Labute approximate surface area is 223 Å². The van der Waals surface area contributed by atoms with Gasteiger partial charge in [0.15, 0.2) is 0 Å². The van der Waals surface area contributed by atoms with Gasteiger partial charge in [-0.25, -0.2) is 18.7 Å². The zero-order valence-corrected chi connectivity index (χ0v) is 21.9. The van der Waals surface area contributed by atoms with Crippen LogP contribution in [-0.4, -0.2) is 40.6 Å². The van der Waals surface area contributed by atoms with Crippen LogP contribution >= 0.6 is 0 Å². The fourth-order valence-corrected chi connectivity index (χ4v) is 4.23. The Kier molecular flexibility index (Phi) is 8.69. The Morgan fingerprint density at radius 3 is 2.44 bits per heavy atom. The van der Waals surface area contributed by atoms with E-state index in [2.05, 4.69) is 25.6 Å². The van der Waals surface area contributed by atoms with Crippen LogP contribution in [0.1, 0.15) is 43.9 Å². The number of nitrogens with one attached hydrogen (secondary N) is 3. The van der Waals surface area contributed by atoms with Gasteiger partial charge in [0.2, 0.25) is 5.95 Å². The molecular formula is C28H31F5N6. The smallest absolute Gasteiger partial charge is 0.368 e. The van der Waals surface area contributed by atoms with E-state index in [-0.39, 0.29) is 23.4 Å². The van der Waals surface area contributed by atoms with Crippen LogP contribution in [0.5, 0.6) is 0 Å². The van der Waals surface area contributed by atoms with E-state index in [4.69, 9.17) is 0 Å². The fraction of sp³-hybridized carbons (Fsp3) is 0.357. The van der Waals surface area contributed by atoms with Crippen molar-refractivity contribution in [2.24, 2.45) is 0 Å². The lowest BCUT2D eigenvalue weighted by Gasteiger charge is -2.20. The number of halogens is 5. The minimum Gasteiger partial charge on any atom is -0.368 e. The van der Waals surface area contributed by atoms with Gasteiger partial charge in [0.25, 0.3) is 6.43 Å². The minimum absolute atomic E-state index is 0.0947. The third-order valence-electron chi connectivity index (χ3n) is 6.31. The number of aromatic amines is 1. The number of fused-ring (bicyclic) bond motifs is 1. The summed E-state index contributed by atoms with van der Waals surface area (Å²) >= 11 is 0. The number of imidazole rings is 1. The van der Waals surface area contributed by atoms with E-state index in [1.54, 1.807) is 12.1 Å². The second-order valence-corrected chi connectivity index (χ2v) is 9.46. The summed E-state index contributed by atoms with van der Waals surface area (Å²) in [5, 5.41) is 6.24. The van der Waals surface area contributed by atoms with Crippen LogP contribution in [0.2, 0.25) is 0 Å². The predicted octanol–water partition coefficient (Wildman–Crippen LogP) is 7.02. The second kappa shape index (κ2) is 12.0. The topological polar surface area (TPSA) is 68.9 Å². The molecule has 0 atom stereocenters. The number of benzene rings is 2. The SMILES string of the molecule is CCN(CCNc1ncccc1C(F)F)c1nc2c(-c3ccc(CNC(C)C)cc3)cc(C(F)(F)F)cc2[nH]1. The molecule has 0 aliphatic heterocycles. The van der Waals surface area contributed by atoms with Gasteiger partial charge < -0.3 is 20.5 Å². The number of rotatable bonds is 11. The van der Waals surface area contributed by atoms with Gasteiger partial charge in [-0.3, -0.25) is 0 Å². The van der Waals surface area contributed by atoms with E-state index in [1.165, 1.54) is 18.3 Å². The Morgan fingerprint density at radius 2 is 1.79 bits per heavy atom. The number of hydrogen-bond donors (Lipinski definition) is 3. The maximum absolute atomic E-state index is 13.8. The molecule has 208 valence electrons. The van der Waals surface area contributed by atoms with Crippen molar-refractivity contribution >= 4 is 22.8 Å². The molecule has 6 nitrogen and oxygen atoms in total. The molecule has 2 aromatic heterocycles. The molecular weight excluding hydrogens is 515 g/mol. The molecule has 0 aliphatic carbocycles. The number of anilines is 2. The highest BCUT2D eigenvalue weighted by molar-refractivity contribution is 5.94. The lowest BCUT2D eigenvalue weighted by Crippen LogP contribution is -2.30. The Hall–Kier alpha value is -3.73. The number of pyridine rings is 1. The quantitative estimate of drug-likeness (QED) is 0.177. The summed E-state index contributed by atoms with van der Waals surface area (Å²) in [6.07, 6.45) is -5.77. The predicted molar refractivity (Wildman–Crippen MR) is 144 cm³/mol. The number of nitrogens with zero attached hydrogens (tertiary/aromatic N) is 3. The van der Waals surface area contributed by atoms with Crippen molar-refractivity contribution in [2.45, 2.75) is 46.0 Å². The number of H-pyrrole nitrogens is 1. The van der Waals surface area contributed by atoms with Gasteiger partial charge >= 0.3 is 6.18 Å². The summed E-state index contributed by atoms with van der Waals surface area (Å²) in [7, 11) is 0. The fourth-order valence-electron chi connectivity index (χ4n) is 4.23. The lowest BCUT2D eigenvalue weighted by molar-refractivity contribution is -0.137. The molecule has 0 saturated carbocycles. The monoisotopic (exact) mass is 546 g/mol. The molecule has 0 aliphatic rings. The van der Waals surface area contributed by atoms with Crippen LogP contribution in [0.25, 0.3) is 22.2 Å². The average Bonchev–Trinajstić information content (AvgIpc) is 3.33. The summed E-state index contributed by atoms with van der Waals surface area (Å²) in [6, 6.07) is 12.6. The van der Waals surface area contributed by atoms with Crippen LogP contribution in [0.15, 0.2) is 54.7 Å². The van der Waals surface area contributed by atoms with E-state index in [9.17, 15) is 22.0 Å². The third-order valence-corrected chi connectivity index (χ3v) is 6.31. The van der Waals surface area contributed by atoms with Crippen LogP contribution in [0.3, 0.4) is 0 Å². The number of likely N-dealkylation sites (N-methyl/N-ethyl adjacent to an activating group) is 1. The summed E-state index contributed by atoms with van der Waals surface area (Å²) in [4.78, 5) is 13.5. The largest absolute Gasteiger partial charge is 0.416 e. The van der Waals surface area contributed by atoms with Crippen molar-refractivity contribution in [1.82, 2.24) is 20.3 Å². The first-order valence-corrected chi connectivity index (χ1v) is 12.7. The highest BCUT2D eigenvalue weighted by Crippen LogP contribution is 2.37. The summed E-state index contributed by atoms with van der Waals surface area (Å²) in [5.74, 6) is 0.486. The van der Waals surface area contributed by atoms with Crippen LogP contribution in [0, 0.1) is 0 Å². The highest BCUT2D eigenvalue weighted by atomic mass is 19.4. The van der Waals surface area contributed by atoms with Crippen LogP contribution in [-0.2, 0) is 12.7 Å². The summed E-state index contributed by atoms with van der Waals surface area (Å²) in [5.41, 5.74) is 1.72. The zero-order valence-electron chi connectivity index (χ0n) is 21.9. The first-order chi connectivity index (χ1) is 18.6. The zero-order chi connectivity index (χ0) is 28.2. The van der Waals surface area contributed by atoms with Gasteiger partial charge in [-0.1, -0.05) is 38.1 Å². The molecule has 0 fully saturated rings. The molecule has 39 heavy (non-hydrogen) atoms. The van der Waals surface area contributed by atoms with Crippen molar-refractivity contribution in [3.8, 4) is 11.1 Å². The van der Waals surface area contributed by atoms with Crippen molar-refractivity contribution in [2.75, 3.05) is 29.9 Å². The maximum Gasteiger partial charge on any atom is 0.416 e. The molecule has 0 amide bonds. The van der Waals surface area contributed by atoms with Crippen molar-refractivity contribution in [3.05, 3.63) is 71.4 Å². The highest BCUT2D eigenvalue weighted by Gasteiger charge is 2.32. The van der Waals surface area contributed by atoms with Gasteiger partial charge in [-0.2, -0.15) is 13.2 Å². The standard InChI is InChI=1S/C28H31F5N6/c1-4-39(13-12-35-26-21(25(29)30)6-5-11-34-26)27-37-23-15-20(28(31,32)33)14-22(24(23)38-27)19-9-7-18(8-10-19)16-36-17(2)3/h5-11,14-15,17,25,36H,4,12-13,16H2,1-3H3,(H,34,35)(H,37,38). The van der Waals surface area contributed by atoms with Gasteiger partial charge in [-0.05, 0) is 42.3 Å². The normalized spacial score (nSPS) is 12.1. The molecule has 0 bridgehead atoms. The third kappa shape index (κ3) is 6.83. The van der Waals surface area contributed by atoms with E-state index in [0.717, 1.165) is 17.7 Å². The maximum atomic E-state index is 13.8. The van der Waals surface area contributed by atoms with Gasteiger partial charge in [0, 0.05) is 44.0 Å². The van der Waals surface area contributed by atoms with E-state index in [0.29, 0.717) is 48.3 Å².